The van der Waals surface area contributed by atoms with Crippen LogP contribution in [0.15, 0.2) is 48.8 Å². The van der Waals surface area contributed by atoms with Crippen molar-refractivity contribution in [3.8, 4) is 5.75 Å². The zero-order chi connectivity index (χ0) is 20.8. The van der Waals surface area contributed by atoms with E-state index in [2.05, 4.69) is 15.2 Å². The highest BCUT2D eigenvalue weighted by Gasteiger charge is 2.31. The molecule has 0 bridgehead atoms. The maximum absolute atomic E-state index is 13.2. The summed E-state index contributed by atoms with van der Waals surface area (Å²) in [4.78, 5) is 34.1. The Morgan fingerprint density at radius 3 is 2.31 bits per heavy atom. The van der Waals surface area contributed by atoms with Crippen molar-refractivity contribution in [3.05, 3.63) is 54.4 Å². The van der Waals surface area contributed by atoms with E-state index in [1.54, 1.807) is 30.6 Å². The number of methoxy groups -OCH3 is 1. The number of piperazine rings is 1. The summed E-state index contributed by atoms with van der Waals surface area (Å²) in [7, 11) is 1.53. The number of rotatable bonds is 6. The van der Waals surface area contributed by atoms with Crippen LogP contribution in [0.1, 0.15) is 24.2 Å². The van der Waals surface area contributed by atoms with E-state index in [1.807, 2.05) is 36.9 Å². The van der Waals surface area contributed by atoms with Crippen molar-refractivity contribution in [3.63, 3.8) is 0 Å². The van der Waals surface area contributed by atoms with Crippen molar-refractivity contribution < 1.29 is 14.3 Å². The molecule has 3 rings (SSSR count). The Morgan fingerprint density at radius 2 is 1.69 bits per heavy atom. The molecule has 0 saturated carbocycles. The Balaban J connectivity index is 1.65. The number of carbonyl (C=O) groups excluding carboxylic acids is 2. The van der Waals surface area contributed by atoms with Gasteiger partial charge in [-0.25, -0.2) is 0 Å². The quantitative estimate of drug-likeness (QED) is 0.810. The van der Waals surface area contributed by atoms with Gasteiger partial charge in [-0.2, -0.15) is 0 Å². The smallest absolute Gasteiger partial charge is 0.255 e. The zero-order valence-corrected chi connectivity index (χ0v) is 17.2. The van der Waals surface area contributed by atoms with Crippen LogP contribution in [0.4, 0.5) is 5.69 Å². The van der Waals surface area contributed by atoms with Gasteiger partial charge in [-0.05, 0) is 30.2 Å². The highest BCUT2D eigenvalue weighted by molar-refractivity contribution is 5.99. The Hall–Kier alpha value is -3.09. The summed E-state index contributed by atoms with van der Waals surface area (Å²) in [6, 6.07) is 10.4. The third-order valence-electron chi connectivity index (χ3n) is 5.19. The van der Waals surface area contributed by atoms with Gasteiger partial charge in [0.05, 0.1) is 12.7 Å². The van der Waals surface area contributed by atoms with Crippen LogP contribution in [-0.2, 0) is 4.79 Å². The zero-order valence-electron chi connectivity index (χ0n) is 17.2. The average molecular weight is 396 g/mol. The molecule has 7 nitrogen and oxygen atoms in total. The maximum Gasteiger partial charge on any atom is 0.255 e. The van der Waals surface area contributed by atoms with Gasteiger partial charge < -0.3 is 19.9 Å². The van der Waals surface area contributed by atoms with E-state index in [4.69, 9.17) is 4.74 Å². The van der Waals surface area contributed by atoms with Gasteiger partial charge >= 0.3 is 0 Å². The number of anilines is 1. The lowest BCUT2D eigenvalue weighted by Gasteiger charge is -2.38. The van der Waals surface area contributed by atoms with Crippen LogP contribution in [0.3, 0.4) is 0 Å². The van der Waals surface area contributed by atoms with Crippen LogP contribution in [0.2, 0.25) is 0 Å². The number of aromatic nitrogens is 1. The second kappa shape index (κ2) is 9.41. The fourth-order valence-electron chi connectivity index (χ4n) is 3.50. The molecule has 0 aliphatic carbocycles. The summed E-state index contributed by atoms with van der Waals surface area (Å²) in [6.45, 7) is 6.63. The number of amides is 2. The van der Waals surface area contributed by atoms with Crippen LogP contribution < -0.4 is 15.0 Å². The summed E-state index contributed by atoms with van der Waals surface area (Å²) < 4.78 is 5.27. The maximum atomic E-state index is 13.2. The minimum absolute atomic E-state index is 0.0283. The number of nitrogens with zero attached hydrogens (tertiary/aromatic N) is 3. The SMILES string of the molecule is COc1ccccc1C(=O)N[C@H](C(=O)N1CCN(c2ccncc2)CC1)C(C)C. The van der Waals surface area contributed by atoms with Crippen molar-refractivity contribution in [1.82, 2.24) is 15.2 Å². The molecular formula is C22H28N4O3. The fraction of sp³-hybridized carbons (Fsp3) is 0.409. The monoisotopic (exact) mass is 396 g/mol. The first kappa shape index (κ1) is 20.6. The molecule has 0 spiro atoms. The highest BCUT2D eigenvalue weighted by Crippen LogP contribution is 2.19. The van der Waals surface area contributed by atoms with E-state index in [0.29, 0.717) is 24.4 Å². The van der Waals surface area contributed by atoms with Crippen LogP contribution in [0.25, 0.3) is 0 Å². The molecule has 1 aliphatic heterocycles. The first-order valence-electron chi connectivity index (χ1n) is 9.89. The molecule has 0 radical (unpaired) electrons. The third kappa shape index (κ3) is 4.85. The predicted molar refractivity (Wildman–Crippen MR) is 112 cm³/mol. The summed E-state index contributed by atoms with van der Waals surface area (Å²) >= 11 is 0. The largest absolute Gasteiger partial charge is 0.496 e. The Morgan fingerprint density at radius 1 is 1.03 bits per heavy atom. The lowest BCUT2D eigenvalue weighted by Crippen LogP contribution is -2.56. The van der Waals surface area contributed by atoms with Crippen molar-refractivity contribution in [2.75, 3.05) is 38.2 Å². The first-order chi connectivity index (χ1) is 14.0. The molecule has 1 aromatic heterocycles. The number of nitrogens with one attached hydrogen (secondary N) is 1. The van der Waals surface area contributed by atoms with Gasteiger partial charge in [-0.1, -0.05) is 26.0 Å². The second-order valence-corrected chi connectivity index (χ2v) is 7.41. The molecule has 2 heterocycles. The van der Waals surface area contributed by atoms with Gasteiger partial charge in [0, 0.05) is 44.3 Å². The Kier molecular flexibility index (Phi) is 6.69. The van der Waals surface area contributed by atoms with Crippen molar-refractivity contribution in [2.45, 2.75) is 19.9 Å². The van der Waals surface area contributed by atoms with Gasteiger partial charge in [0.15, 0.2) is 0 Å². The Bertz CT molecular complexity index is 833. The normalized spacial score (nSPS) is 15.2. The van der Waals surface area contributed by atoms with Crippen LogP contribution in [0, 0.1) is 5.92 Å². The number of hydrogen-bond donors (Lipinski definition) is 1. The number of ether oxygens (including phenoxy) is 1. The highest BCUT2D eigenvalue weighted by atomic mass is 16.5. The first-order valence-corrected chi connectivity index (χ1v) is 9.89. The molecule has 1 aliphatic rings. The summed E-state index contributed by atoms with van der Waals surface area (Å²) in [5.74, 6) is 0.118. The van der Waals surface area contributed by atoms with Crippen LogP contribution in [0.5, 0.6) is 5.75 Å². The van der Waals surface area contributed by atoms with Crippen molar-refractivity contribution in [2.24, 2.45) is 5.92 Å². The topological polar surface area (TPSA) is 74.8 Å². The van der Waals surface area contributed by atoms with Gasteiger partial charge in [0.2, 0.25) is 5.91 Å². The lowest BCUT2D eigenvalue weighted by atomic mass is 10.0. The average Bonchev–Trinajstić information content (AvgIpc) is 2.77. The molecule has 7 heteroatoms. The molecule has 1 fully saturated rings. The van der Waals surface area contributed by atoms with Crippen molar-refractivity contribution >= 4 is 17.5 Å². The Labute approximate surface area is 171 Å². The fourth-order valence-corrected chi connectivity index (χ4v) is 3.50. The molecule has 1 N–H and O–H groups in total. The van der Waals surface area contributed by atoms with E-state index in [9.17, 15) is 9.59 Å². The van der Waals surface area contributed by atoms with E-state index >= 15 is 0 Å². The number of benzene rings is 1. The molecule has 1 atom stereocenters. The van der Waals surface area contributed by atoms with E-state index in [0.717, 1.165) is 18.8 Å². The van der Waals surface area contributed by atoms with Crippen LogP contribution >= 0.6 is 0 Å². The lowest BCUT2D eigenvalue weighted by molar-refractivity contribution is -0.134. The van der Waals surface area contributed by atoms with Gasteiger partial charge in [-0.15, -0.1) is 0 Å². The summed E-state index contributed by atoms with van der Waals surface area (Å²) in [5, 5.41) is 2.92. The standard InChI is InChI=1S/C22H28N4O3/c1-16(2)20(24-21(27)18-6-4-5-7-19(18)29-3)22(28)26-14-12-25(13-15-26)17-8-10-23-11-9-17/h4-11,16,20H,12-15H2,1-3H3,(H,24,27)/t20-/m0/s1. The third-order valence-corrected chi connectivity index (χ3v) is 5.19. The molecule has 154 valence electrons. The number of carbonyl (C=O) groups is 2. The molecule has 29 heavy (non-hydrogen) atoms. The molecule has 0 unspecified atom stereocenters. The van der Waals surface area contributed by atoms with Gasteiger partial charge in [-0.3, -0.25) is 14.6 Å². The van der Waals surface area contributed by atoms with E-state index < -0.39 is 6.04 Å². The van der Waals surface area contributed by atoms with Gasteiger partial charge in [0.1, 0.15) is 11.8 Å². The molecule has 1 aromatic carbocycles. The minimum Gasteiger partial charge on any atom is -0.496 e. The second-order valence-electron chi connectivity index (χ2n) is 7.41. The van der Waals surface area contributed by atoms with E-state index in [-0.39, 0.29) is 17.7 Å². The molecule has 2 aromatic rings. The summed E-state index contributed by atoms with van der Waals surface area (Å²) in [5.41, 5.74) is 1.54. The molecule has 2 amide bonds. The van der Waals surface area contributed by atoms with E-state index in [1.165, 1.54) is 7.11 Å². The number of hydrogen-bond acceptors (Lipinski definition) is 5. The summed E-state index contributed by atoms with van der Waals surface area (Å²) in [6.07, 6.45) is 3.55. The molecular weight excluding hydrogens is 368 g/mol. The molecule has 1 saturated heterocycles. The number of pyridine rings is 1. The predicted octanol–water partition coefficient (Wildman–Crippen LogP) is 2.19. The minimum atomic E-state index is -0.583. The number of para-hydroxylation sites is 1. The van der Waals surface area contributed by atoms with Gasteiger partial charge in [0.25, 0.3) is 5.91 Å². The van der Waals surface area contributed by atoms with Crippen LogP contribution in [-0.4, -0.2) is 61.0 Å². The van der Waals surface area contributed by atoms with Crippen molar-refractivity contribution in [1.29, 1.82) is 0 Å².